The minimum Gasteiger partial charge on any atom is -0.467 e. The maximum absolute atomic E-state index is 14.3. The number of benzene rings is 3. The fraction of sp³-hybridized carbons (Fsp3) is 0.703. The first-order chi connectivity index (χ1) is 42.6. The zero-order valence-electron chi connectivity index (χ0n) is 54.8. The molecule has 490 valence electrons. The lowest BCUT2D eigenvalue weighted by Crippen LogP contribution is -2.63. The van der Waals surface area contributed by atoms with Crippen molar-refractivity contribution in [3.8, 4) is 0 Å². The van der Waals surface area contributed by atoms with Gasteiger partial charge in [-0.15, -0.1) is 0 Å². The molecule has 13 nitrogen and oxygen atoms in total. The van der Waals surface area contributed by atoms with Crippen LogP contribution < -0.4 is 5.32 Å². The lowest BCUT2D eigenvalue weighted by molar-refractivity contribution is -0.321. The summed E-state index contributed by atoms with van der Waals surface area (Å²) in [5.41, 5.74) is 2.62. The van der Waals surface area contributed by atoms with Gasteiger partial charge in [0.2, 0.25) is 5.91 Å². The van der Waals surface area contributed by atoms with E-state index in [4.69, 9.17) is 37.9 Å². The first-order valence-corrected chi connectivity index (χ1v) is 34.6. The minimum atomic E-state index is -1.35. The summed E-state index contributed by atoms with van der Waals surface area (Å²) in [4.78, 5) is 54.4. The molecular weight excluding hydrogens is 1090 g/mol. The Bertz CT molecular complexity index is 2160. The van der Waals surface area contributed by atoms with E-state index in [0.29, 0.717) is 19.3 Å². The molecule has 0 aromatic heterocycles. The Hall–Kier alpha value is -4.66. The second-order valence-electron chi connectivity index (χ2n) is 24.5. The number of amides is 1. The highest BCUT2D eigenvalue weighted by atomic mass is 16.7. The molecule has 1 amide bonds. The largest absolute Gasteiger partial charge is 0.467 e. The second kappa shape index (κ2) is 49.2. The maximum atomic E-state index is 14.3. The Labute approximate surface area is 526 Å². The van der Waals surface area contributed by atoms with Crippen molar-refractivity contribution in [1.29, 1.82) is 0 Å². The Morgan fingerprint density at radius 2 is 0.793 bits per heavy atom. The summed E-state index contributed by atoms with van der Waals surface area (Å²) >= 11 is 0. The number of rotatable bonds is 53. The van der Waals surface area contributed by atoms with E-state index in [9.17, 15) is 19.2 Å². The molecule has 1 saturated heterocycles. The molecule has 1 fully saturated rings. The molecule has 3 aromatic rings. The molecule has 87 heavy (non-hydrogen) atoms. The number of carbonyl (C=O) groups excluding carboxylic acids is 4. The van der Waals surface area contributed by atoms with Crippen LogP contribution in [-0.2, 0) is 76.9 Å². The van der Waals surface area contributed by atoms with Crippen LogP contribution in [0.2, 0.25) is 0 Å². The number of hydrogen-bond donors (Lipinski definition) is 1. The predicted octanol–water partition coefficient (Wildman–Crippen LogP) is 17.7. The lowest BCUT2D eigenvalue weighted by Gasteiger charge is -2.45. The topological polar surface area (TPSA) is 154 Å². The van der Waals surface area contributed by atoms with Crippen LogP contribution in [0.1, 0.15) is 269 Å². The summed E-state index contributed by atoms with van der Waals surface area (Å²) in [5.74, 6) is -2.10. The molecule has 1 N–H and O–H groups in total. The molecule has 0 aliphatic carbocycles. The molecule has 0 bridgehead atoms. The van der Waals surface area contributed by atoms with Crippen molar-refractivity contribution in [3.63, 3.8) is 0 Å². The van der Waals surface area contributed by atoms with Gasteiger partial charge in [0.1, 0.15) is 24.4 Å². The summed E-state index contributed by atoms with van der Waals surface area (Å²) in [7, 11) is 1.29. The van der Waals surface area contributed by atoms with Gasteiger partial charge >= 0.3 is 17.9 Å². The molecule has 4 rings (SSSR count). The van der Waals surface area contributed by atoms with Crippen LogP contribution in [0.5, 0.6) is 0 Å². The molecule has 0 spiro atoms. The van der Waals surface area contributed by atoms with Crippen molar-refractivity contribution in [3.05, 3.63) is 108 Å². The number of nitrogens with one attached hydrogen (secondary N) is 1. The first-order valence-electron chi connectivity index (χ1n) is 34.6. The van der Waals surface area contributed by atoms with Gasteiger partial charge in [-0.25, -0.2) is 4.79 Å². The van der Waals surface area contributed by atoms with E-state index in [-0.39, 0.29) is 38.8 Å². The van der Waals surface area contributed by atoms with Gasteiger partial charge in [0, 0.05) is 20.3 Å². The predicted molar refractivity (Wildman–Crippen MR) is 348 cm³/mol. The molecule has 13 heteroatoms. The smallest absolute Gasteiger partial charge is 0.337 e. The molecule has 1 heterocycles. The lowest BCUT2D eigenvalue weighted by atomic mass is 9.97. The fourth-order valence-electron chi connectivity index (χ4n) is 11.8. The van der Waals surface area contributed by atoms with E-state index >= 15 is 0 Å². The molecule has 3 aromatic carbocycles. The van der Waals surface area contributed by atoms with Crippen molar-refractivity contribution in [1.82, 2.24) is 5.32 Å². The summed E-state index contributed by atoms with van der Waals surface area (Å²) in [6, 6.07) is 28.0. The summed E-state index contributed by atoms with van der Waals surface area (Å²) in [5, 5.41) is 3.17. The first kappa shape index (κ1) is 74.8. The average Bonchev–Trinajstić information content (AvgIpc) is 1.77. The second-order valence-corrected chi connectivity index (χ2v) is 24.5. The van der Waals surface area contributed by atoms with Crippen LogP contribution in [0, 0.1) is 0 Å². The van der Waals surface area contributed by atoms with E-state index in [1.165, 1.54) is 181 Å². The molecule has 0 saturated carbocycles. The standard InChI is InChI=1S/C74H117NO12/c1-6-8-10-12-14-16-18-20-21-22-23-24-25-26-27-28-30-32-34-36-47-55-67(78)75-65(68(86-61(4)77)66(85-60(3)76)54-46-35-33-31-29-19-17-15-13-11-9-7-2)59-84-74-72(83-58-64-52-44-39-45-53-64)70(82-57-63-50-42-38-43-51-63)69(71(87-74)73(79)80-5)81-56-62-48-40-37-41-49-62/h37-45,48-53,65-66,68-72,74H,6-36,46-47,54-59H2,1-5H3,(H,75,78)/t65-,66+,68-,69-,70-,71-,72+,74-/m0/s1. The van der Waals surface area contributed by atoms with E-state index < -0.39 is 66.9 Å². The van der Waals surface area contributed by atoms with E-state index in [1.807, 2.05) is 91.0 Å². The number of esters is 3. The van der Waals surface area contributed by atoms with Gasteiger partial charge in [0.25, 0.3) is 0 Å². The van der Waals surface area contributed by atoms with Crippen LogP contribution in [-0.4, -0.2) is 86.5 Å². The van der Waals surface area contributed by atoms with E-state index in [1.54, 1.807) is 0 Å². The van der Waals surface area contributed by atoms with Crippen molar-refractivity contribution in [2.75, 3.05) is 13.7 Å². The van der Waals surface area contributed by atoms with E-state index in [2.05, 4.69) is 19.2 Å². The zero-order valence-corrected chi connectivity index (χ0v) is 54.8. The number of carbonyl (C=O) groups is 4. The highest BCUT2D eigenvalue weighted by Gasteiger charge is 2.52. The number of unbranched alkanes of at least 4 members (excludes halogenated alkanes) is 31. The summed E-state index contributed by atoms with van der Waals surface area (Å²) < 4.78 is 51.3. The minimum absolute atomic E-state index is 0.123. The van der Waals surface area contributed by atoms with Crippen molar-refractivity contribution >= 4 is 23.8 Å². The Kier molecular flexibility index (Phi) is 42.3. The number of ether oxygens (including phenoxy) is 8. The van der Waals surface area contributed by atoms with Gasteiger partial charge in [0.15, 0.2) is 18.5 Å². The third-order valence-electron chi connectivity index (χ3n) is 16.8. The number of methoxy groups -OCH3 is 1. The highest BCUT2D eigenvalue weighted by molar-refractivity contribution is 5.76. The van der Waals surface area contributed by atoms with Gasteiger partial charge in [-0.2, -0.15) is 0 Å². The summed E-state index contributed by atoms with van der Waals surface area (Å²) in [6.07, 6.45) is 33.5. The van der Waals surface area contributed by atoms with Crippen molar-refractivity contribution in [2.45, 2.75) is 321 Å². The van der Waals surface area contributed by atoms with Gasteiger partial charge in [-0.05, 0) is 36.0 Å². The Morgan fingerprint density at radius 3 is 1.17 bits per heavy atom. The third kappa shape index (κ3) is 34.2. The van der Waals surface area contributed by atoms with Crippen LogP contribution in [0.3, 0.4) is 0 Å². The van der Waals surface area contributed by atoms with Gasteiger partial charge < -0.3 is 43.2 Å². The SMILES string of the molecule is CCCCCCCCCCCCCCCCCCCCCCCC(=O)N[C@@H](CO[C@H]1O[C@H](C(=O)OC)[C@@H](OCc2ccccc2)[C@H](OCc2ccccc2)[C@H]1OCc1ccccc1)[C@H](OC(C)=O)[C@@H](CCCCCCCCCCCCCC)OC(C)=O. The van der Waals surface area contributed by atoms with Crippen LogP contribution in [0.4, 0.5) is 0 Å². The normalized spacial score (nSPS) is 17.7. The van der Waals surface area contributed by atoms with Crippen molar-refractivity contribution in [2.24, 2.45) is 0 Å². The third-order valence-corrected chi connectivity index (χ3v) is 16.8. The monoisotopic (exact) mass is 1210 g/mol. The van der Waals surface area contributed by atoms with Crippen molar-refractivity contribution < 1.29 is 57.1 Å². The maximum Gasteiger partial charge on any atom is 0.337 e. The molecule has 1 aliphatic rings. The molecule has 8 atom stereocenters. The van der Waals surface area contributed by atoms with E-state index in [0.717, 1.165) is 55.2 Å². The van der Waals surface area contributed by atoms with Gasteiger partial charge in [-0.1, -0.05) is 304 Å². The molecule has 0 radical (unpaired) electrons. The fourth-order valence-corrected chi connectivity index (χ4v) is 11.8. The molecule has 0 unspecified atom stereocenters. The number of hydrogen-bond acceptors (Lipinski definition) is 12. The van der Waals surface area contributed by atoms with Gasteiger partial charge in [0.05, 0.1) is 39.6 Å². The molecular formula is C74H117NO12. The Balaban J connectivity index is 1.48. The zero-order chi connectivity index (χ0) is 62.2. The quantitative estimate of drug-likeness (QED) is 0.0325. The van der Waals surface area contributed by atoms with Gasteiger partial charge in [-0.3, -0.25) is 14.4 Å². The van der Waals surface area contributed by atoms with Crippen LogP contribution >= 0.6 is 0 Å². The van der Waals surface area contributed by atoms with Crippen LogP contribution in [0.15, 0.2) is 91.0 Å². The van der Waals surface area contributed by atoms with Crippen LogP contribution in [0.25, 0.3) is 0 Å². The molecule has 1 aliphatic heterocycles. The highest BCUT2D eigenvalue weighted by Crippen LogP contribution is 2.33. The average molecular weight is 1210 g/mol. The Morgan fingerprint density at radius 1 is 0.437 bits per heavy atom. The summed E-state index contributed by atoms with van der Waals surface area (Å²) in [6.45, 7) is 7.27.